The monoisotopic (exact) mass is 350 g/mol. The SMILES string of the molecule is Cc1ccc(NC(=O)CN2C(=O)[C@@H]3[C@H]4C=C[C@@H]([C@@H]5C[C@H]45)[C@H]3C2=O)cc1C. The van der Waals surface area contributed by atoms with Gasteiger partial charge in [-0.1, -0.05) is 18.2 Å². The van der Waals surface area contributed by atoms with Crippen LogP contribution in [0, 0.1) is 49.4 Å². The second-order valence-corrected chi connectivity index (χ2v) is 8.26. The molecular formula is C21H22N2O3. The molecule has 3 fully saturated rings. The van der Waals surface area contributed by atoms with E-state index in [9.17, 15) is 14.4 Å². The number of hydrogen-bond acceptors (Lipinski definition) is 3. The molecule has 5 nitrogen and oxygen atoms in total. The molecule has 3 amide bonds. The quantitative estimate of drug-likeness (QED) is 0.672. The van der Waals surface area contributed by atoms with Gasteiger partial charge < -0.3 is 5.32 Å². The van der Waals surface area contributed by atoms with Crippen LogP contribution in [0.2, 0.25) is 0 Å². The first-order valence-electron chi connectivity index (χ1n) is 9.36. The van der Waals surface area contributed by atoms with Crippen LogP contribution in [0.15, 0.2) is 30.4 Å². The summed E-state index contributed by atoms with van der Waals surface area (Å²) in [5.74, 6) is 0.434. The van der Waals surface area contributed by atoms with E-state index >= 15 is 0 Å². The molecule has 4 aliphatic carbocycles. The van der Waals surface area contributed by atoms with Crippen molar-refractivity contribution in [1.82, 2.24) is 4.90 Å². The lowest BCUT2D eigenvalue weighted by atomic mass is 9.63. The van der Waals surface area contributed by atoms with Crippen LogP contribution >= 0.6 is 0 Å². The van der Waals surface area contributed by atoms with Crippen LogP contribution in [0.5, 0.6) is 0 Å². The fourth-order valence-electron chi connectivity index (χ4n) is 5.34. The molecule has 1 aromatic carbocycles. The zero-order valence-corrected chi connectivity index (χ0v) is 14.9. The van der Waals surface area contributed by atoms with Crippen molar-refractivity contribution in [2.24, 2.45) is 35.5 Å². The van der Waals surface area contributed by atoms with Crippen LogP contribution in [0.25, 0.3) is 0 Å². The lowest BCUT2D eigenvalue weighted by Gasteiger charge is -2.37. The molecule has 5 aliphatic rings. The molecule has 2 bridgehead atoms. The van der Waals surface area contributed by atoms with E-state index in [4.69, 9.17) is 0 Å². The number of hydrogen-bond donors (Lipinski definition) is 1. The van der Waals surface area contributed by atoms with E-state index < -0.39 is 0 Å². The molecule has 134 valence electrons. The van der Waals surface area contributed by atoms with Gasteiger partial charge in [0.1, 0.15) is 6.54 Å². The molecule has 0 radical (unpaired) electrons. The summed E-state index contributed by atoms with van der Waals surface area (Å²) >= 11 is 0. The number of imide groups is 1. The highest BCUT2D eigenvalue weighted by Crippen LogP contribution is 2.65. The summed E-state index contributed by atoms with van der Waals surface area (Å²) in [6, 6.07) is 5.69. The van der Waals surface area contributed by atoms with E-state index in [0.717, 1.165) is 17.5 Å². The molecule has 1 aliphatic heterocycles. The zero-order valence-electron chi connectivity index (χ0n) is 14.9. The number of likely N-dealkylation sites (tertiary alicyclic amines) is 1. The Kier molecular flexibility index (Phi) is 3.21. The number of benzene rings is 1. The summed E-state index contributed by atoms with van der Waals surface area (Å²) in [5, 5.41) is 2.81. The molecule has 0 spiro atoms. The van der Waals surface area contributed by atoms with Crippen LogP contribution < -0.4 is 5.32 Å². The first-order valence-corrected chi connectivity index (χ1v) is 9.36. The maximum Gasteiger partial charge on any atom is 0.244 e. The van der Waals surface area contributed by atoms with Crippen LogP contribution in [0.1, 0.15) is 17.5 Å². The highest BCUT2D eigenvalue weighted by Gasteiger charge is 2.67. The maximum absolute atomic E-state index is 12.9. The molecule has 1 N–H and O–H groups in total. The van der Waals surface area contributed by atoms with Gasteiger partial charge in [-0.2, -0.15) is 0 Å². The molecule has 6 atom stereocenters. The molecule has 1 heterocycles. The molecule has 1 aromatic rings. The second kappa shape index (κ2) is 5.29. The Labute approximate surface area is 152 Å². The number of anilines is 1. The molecule has 0 aromatic heterocycles. The van der Waals surface area contributed by atoms with Crippen LogP contribution in [0.4, 0.5) is 5.69 Å². The van der Waals surface area contributed by atoms with Crippen LogP contribution in [-0.2, 0) is 14.4 Å². The Morgan fingerprint density at radius 3 is 2.23 bits per heavy atom. The lowest BCUT2D eigenvalue weighted by Crippen LogP contribution is -2.40. The summed E-state index contributed by atoms with van der Waals surface area (Å²) < 4.78 is 0. The first-order chi connectivity index (χ1) is 12.5. The van der Waals surface area contributed by atoms with Gasteiger partial charge in [-0.05, 0) is 67.2 Å². The fraction of sp³-hybridized carbons (Fsp3) is 0.476. The first kappa shape index (κ1) is 15.8. The van der Waals surface area contributed by atoms with Gasteiger partial charge in [0.25, 0.3) is 0 Å². The molecule has 6 rings (SSSR count). The number of amides is 3. The van der Waals surface area contributed by atoms with Crippen LogP contribution in [0.3, 0.4) is 0 Å². The van der Waals surface area contributed by atoms with Gasteiger partial charge in [-0.25, -0.2) is 0 Å². The van der Waals surface area contributed by atoms with E-state index in [1.807, 2.05) is 32.0 Å². The molecule has 0 unspecified atom stereocenters. The van der Waals surface area contributed by atoms with Crippen molar-refractivity contribution < 1.29 is 14.4 Å². The number of nitrogens with zero attached hydrogens (tertiary/aromatic N) is 1. The second-order valence-electron chi connectivity index (χ2n) is 8.26. The minimum Gasteiger partial charge on any atom is -0.325 e. The average Bonchev–Trinajstić information content (AvgIpc) is 3.39. The number of rotatable bonds is 3. The smallest absolute Gasteiger partial charge is 0.244 e. The molecule has 1 saturated heterocycles. The third kappa shape index (κ3) is 2.12. The topological polar surface area (TPSA) is 66.5 Å². The Balaban J connectivity index is 1.32. The highest BCUT2D eigenvalue weighted by molar-refractivity contribution is 6.09. The average molecular weight is 350 g/mol. The third-order valence-corrected chi connectivity index (χ3v) is 6.85. The van der Waals surface area contributed by atoms with E-state index in [-0.39, 0.29) is 47.9 Å². The van der Waals surface area contributed by atoms with Crippen molar-refractivity contribution >= 4 is 23.4 Å². The van der Waals surface area contributed by atoms with Crippen LogP contribution in [-0.4, -0.2) is 29.2 Å². The Bertz CT molecular complexity index is 838. The van der Waals surface area contributed by atoms with Gasteiger partial charge in [-0.3, -0.25) is 19.3 Å². The molecule has 5 heteroatoms. The minimum atomic E-state index is -0.320. The predicted molar refractivity (Wildman–Crippen MR) is 96.0 cm³/mol. The van der Waals surface area contributed by atoms with Crippen molar-refractivity contribution in [3.8, 4) is 0 Å². The van der Waals surface area contributed by atoms with Crippen molar-refractivity contribution in [3.05, 3.63) is 41.5 Å². The van der Waals surface area contributed by atoms with Gasteiger partial charge in [0.2, 0.25) is 17.7 Å². The Morgan fingerprint density at radius 1 is 1.04 bits per heavy atom. The van der Waals surface area contributed by atoms with Crippen molar-refractivity contribution in [1.29, 1.82) is 0 Å². The van der Waals surface area contributed by atoms with E-state index in [2.05, 4.69) is 17.5 Å². The molecule has 26 heavy (non-hydrogen) atoms. The van der Waals surface area contributed by atoms with Crippen molar-refractivity contribution in [2.45, 2.75) is 20.3 Å². The van der Waals surface area contributed by atoms with Gasteiger partial charge in [0.15, 0.2) is 0 Å². The standard InChI is InChI=1S/C21H22N2O3/c1-10-3-4-12(7-11(10)2)22-17(24)9-23-20(25)18-13-5-6-14(16-8-15(13)16)19(18)21(23)26/h3-7,13-16,18-19H,8-9H2,1-2H3,(H,22,24)/t13-,14-,15-,16+,18+,19+/m0/s1. The van der Waals surface area contributed by atoms with E-state index in [1.54, 1.807) is 0 Å². The summed E-state index contributed by atoms with van der Waals surface area (Å²) in [6.45, 7) is 3.81. The number of carbonyl (C=O) groups excluding carboxylic acids is 3. The largest absolute Gasteiger partial charge is 0.325 e. The van der Waals surface area contributed by atoms with Crippen molar-refractivity contribution in [2.75, 3.05) is 11.9 Å². The number of carbonyl (C=O) groups is 3. The number of allylic oxidation sites excluding steroid dienone is 2. The number of nitrogens with one attached hydrogen (secondary N) is 1. The fourth-order valence-corrected chi connectivity index (χ4v) is 5.34. The van der Waals surface area contributed by atoms with Gasteiger partial charge in [-0.15, -0.1) is 0 Å². The van der Waals surface area contributed by atoms with Gasteiger partial charge >= 0.3 is 0 Å². The molecule has 2 saturated carbocycles. The highest BCUT2D eigenvalue weighted by atomic mass is 16.2. The summed E-state index contributed by atoms with van der Waals surface area (Å²) in [4.78, 5) is 39.4. The summed E-state index contributed by atoms with van der Waals surface area (Å²) in [6.07, 6.45) is 5.43. The normalized spacial score (nSPS) is 36.2. The zero-order chi connectivity index (χ0) is 18.2. The Hall–Kier alpha value is -2.43. The van der Waals surface area contributed by atoms with E-state index in [1.165, 1.54) is 4.90 Å². The Morgan fingerprint density at radius 2 is 1.65 bits per heavy atom. The lowest BCUT2D eigenvalue weighted by molar-refractivity contribution is -0.142. The summed E-state index contributed by atoms with van der Waals surface area (Å²) in [5.41, 5.74) is 2.93. The minimum absolute atomic E-state index is 0.153. The third-order valence-electron chi connectivity index (χ3n) is 6.85. The van der Waals surface area contributed by atoms with Crippen molar-refractivity contribution in [3.63, 3.8) is 0 Å². The summed E-state index contributed by atoms with van der Waals surface area (Å²) in [7, 11) is 0. The van der Waals surface area contributed by atoms with Gasteiger partial charge in [0.05, 0.1) is 11.8 Å². The van der Waals surface area contributed by atoms with E-state index in [0.29, 0.717) is 17.5 Å². The molecular weight excluding hydrogens is 328 g/mol. The van der Waals surface area contributed by atoms with Gasteiger partial charge in [0, 0.05) is 5.69 Å². The predicted octanol–water partition coefficient (Wildman–Crippen LogP) is 2.30. The maximum atomic E-state index is 12.9. The number of aryl methyl sites for hydroxylation is 2.